The zero-order valence-electron chi connectivity index (χ0n) is 14.7. The van der Waals surface area contributed by atoms with E-state index in [-0.39, 0.29) is 5.75 Å². The quantitative estimate of drug-likeness (QED) is 0.466. The summed E-state index contributed by atoms with van der Waals surface area (Å²) in [7, 11) is 0. The van der Waals surface area contributed by atoms with E-state index in [0.29, 0.717) is 18.2 Å². The summed E-state index contributed by atoms with van der Waals surface area (Å²) in [6.45, 7) is 0.323. The second kappa shape index (κ2) is 7.92. The van der Waals surface area contributed by atoms with Gasteiger partial charge in [0.2, 0.25) is 5.82 Å². The maximum Gasteiger partial charge on any atom is 0.201 e. The molecular formula is C22H16F2N2O2. The smallest absolute Gasteiger partial charge is 0.201 e. The number of nitrogens with zero attached hydrogens (tertiary/aromatic N) is 1. The molecule has 0 amide bonds. The van der Waals surface area contributed by atoms with E-state index >= 15 is 0 Å². The van der Waals surface area contributed by atoms with E-state index in [1.807, 2.05) is 30.3 Å². The second-order valence-corrected chi connectivity index (χ2v) is 6.01. The molecule has 4 aromatic rings. The second-order valence-electron chi connectivity index (χ2n) is 6.01. The van der Waals surface area contributed by atoms with Crippen molar-refractivity contribution in [2.24, 2.45) is 0 Å². The van der Waals surface area contributed by atoms with E-state index in [1.165, 1.54) is 12.1 Å². The van der Waals surface area contributed by atoms with E-state index in [0.717, 1.165) is 23.1 Å². The van der Waals surface area contributed by atoms with Gasteiger partial charge >= 0.3 is 0 Å². The molecule has 0 saturated heterocycles. The van der Waals surface area contributed by atoms with Gasteiger partial charge in [-0.2, -0.15) is 4.39 Å². The van der Waals surface area contributed by atoms with Crippen LogP contribution in [0.4, 0.5) is 8.78 Å². The summed E-state index contributed by atoms with van der Waals surface area (Å²) in [4.78, 5) is 7.59. The Morgan fingerprint density at radius 1 is 0.821 bits per heavy atom. The Balaban J connectivity index is 1.43. The van der Waals surface area contributed by atoms with Crippen LogP contribution in [0, 0.1) is 11.6 Å². The fourth-order valence-electron chi connectivity index (χ4n) is 2.64. The fraction of sp³-hybridized carbons (Fsp3) is 0.0455. The van der Waals surface area contributed by atoms with E-state index in [9.17, 15) is 8.78 Å². The first-order valence-corrected chi connectivity index (χ1v) is 8.63. The van der Waals surface area contributed by atoms with Gasteiger partial charge in [-0.25, -0.2) is 9.37 Å². The molecule has 4 rings (SSSR count). The molecule has 4 nitrogen and oxygen atoms in total. The van der Waals surface area contributed by atoms with Gasteiger partial charge < -0.3 is 14.5 Å². The number of aromatic amines is 1. The largest absolute Gasteiger partial charge is 0.486 e. The first kappa shape index (κ1) is 17.7. The van der Waals surface area contributed by atoms with Crippen molar-refractivity contribution in [3.05, 3.63) is 96.5 Å². The van der Waals surface area contributed by atoms with Crippen LogP contribution < -0.4 is 9.47 Å². The Morgan fingerprint density at radius 3 is 2.39 bits per heavy atom. The van der Waals surface area contributed by atoms with E-state index < -0.39 is 11.6 Å². The highest BCUT2D eigenvalue weighted by Gasteiger charge is 2.10. The van der Waals surface area contributed by atoms with Crippen molar-refractivity contribution < 1.29 is 18.3 Å². The lowest BCUT2D eigenvalue weighted by Gasteiger charge is -2.07. The standard InChI is InChI=1S/C22H16F2N2O2/c23-18-7-4-8-20(22(18)24)28-17-11-9-15(10-12-17)19-13-25-21(26-19)14-27-16-5-2-1-3-6-16/h1-13H,14H2,(H,25,26). The molecule has 0 bridgehead atoms. The molecule has 6 heteroatoms. The molecular weight excluding hydrogens is 362 g/mol. The highest BCUT2D eigenvalue weighted by atomic mass is 19.2. The van der Waals surface area contributed by atoms with Gasteiger partial charge in [0.15, 0.2) is 11.6 Å². The number of hydrogen-bond donors (Lipinski definition) is 1. The van der Waals surface area contributed by atoms with Crippen LogP contribution in [0.15, 0.2) is 79.0 Å². The average Bonchev–Trinajstić information content (AvgIpc) is 3.20. The van der Waals surface area contributed by atoms with Crippen LogP contribution in [-0.4, -0.2) is 9.97 Å². The van der Waals surface area contributed by atoms with Gasteiger partial charge in [0, 0.05) is 11.8 Å². The van der Waals surface area contributed by atoms with Crippen LogP contribution in [0.25, 0.3) is 11.3 Å². The molecule has 28 heavy (non-hydrogen) atoms. The molecule has 0 radical (unpaired) electrons. The highest BCUT2D eigenvalue weighted by Crippen LogP contribution is 2.28. The number of halogens is 2. The lowest BCUT2D eigenvalue weighted by atomic mass is 10.1. The maximum absolute atomic E-state index is 13.7. The van der Waals surface area contributed by atoms with Crippen molar-refractivity contribution in [2.75, 3.05) is 0 Å². The van der Waals surface area contributed by atoms with Gasteiger partial charge in [-0.3, -0.25) is 0 Å². The topological polar surface area (TPSA) is 47.1 Å². The molecule has 0 aliphatic heterocycles. The molecule has 0 unspecified atom stereocenters. The molecule has 0 aliphatic carbocycles. The minimum atomic E-state index is -1.01. The van der Waals surface area contributed by atoms with Crippen molar-refractivity contribution in [3.63, 3.8) is 0 Å². The number of aromatic nitrogens is 2. The summed E-state index contributed by atoms with van der Waals surface area (Å²) in [5.74, 6) is -0.255. The fourth-order valence-corrected chi connectivity index (χ4v) is 2.64. The number of ether oxygens (including phenoxy) is 2. The number of nitrogens with one attached hydrogen (secondary N) is 1. The third-order valence-corrected chi connectivity index (χ3v) is 4.04. The Labute approximate surface area is 160 Å². The Hall–Kier alpha value is -3.67. The molecule has 0 spiro atoms. The summed E-state index contributed by atoms with van der Waals surface area (Å²) < 4.78 is 38.0. The predicted molar refractivity (Wildman–Crippen MR) is 101 cm³/mol. The Morgan fingerprint density at radius 2 is 1.61 bits per heavy atom. The highest BCUT2D eigenvalue weighted by molar-refractivity contribution is 5.59. The zero-order valence-corrected chi connectivity index (χ0v) is 14.7. The van der Waals surface area contributed by atoms with Gasteiger partial charge in [-0.05, 0) is 48.5 Å². The van der Waals surface area contributed by atoms with Gasteiger partial charge in [-0.15, -0.1) is 0 Å². The van der Waals surface area contributed by atoms with Gasteiger partial charge in [0.25, 0.3) is 0 Å². The average molecular weight is 378 g/mol. The van der Waals surface area contributed by atoms with Crippen LogP contribution in [0.2, 0.25) is 0 Å². The van der Waals surface area contributed by atoms with Crippen molar-refractivity contribution in [3.8, 4) is 28.5 Å². The minimum absolute atomic E-state index is 0.159. The minimum Gasteiger partial charge on any atom is -0.486 e. The first-order valence-electron chi connectivity index (χ1n) is 8.63. The number of hydrogen-bond acceptors (Lipinski definition) is 3. The summed E-state index contributed by atoms with van der Waals surface area (Å²) in [5.41, 5.74) is 1.60. The summed E-state index contributed by atoms with van der Waals surface area (Å²) in [6, 6.07) is 20.2. The monoisotopic (exact) mass is 378 g/mol. The number of para-hydroxylation sites is 1. The SMILES string of the molecule is Fc1cccc(Oc2ccc(-c3c[nH]c(COc4ccccc4)n3)cc2)c1F. The maximum atomic E-state index is 13.7. The van der Waals surface area contributed by atoms with E-state index in [2.05, 4.69) is 9.97 Å². The van der Waals surface area contributed by atoms with Crippen molar-refractivity contribution in [1.82, 2.24) is 9.97 Å². The van der Waals surface area contributed by atoms with Crippen LogP contribution in [0.5, 0.6) is 17.2 Å². The summed E-state index contributed by atoms with van der Waals surface area (Å²) >= 11 is 0. The molecule has 0 aliphatic rings. The molecule has 0 atom stereocenters. The van der Waals surface area contributed by atoms with Gasteiger partial charge in [0.1, 0.15) is 23.9 Å². The third-order valence-electron chi connectivity index (χ3n) is 4.04. The molecule has 140 valence electrons. The third kappa shape index (κ3) is 4.01. The molecule has 0 fully saturated rings. The number of H-pyrrole nitrogens is 1. The first-order chi connectivity index (χ1) is 13.7. The number of imidazole rings is 1. The lowest BCUT2D eigenvalue weighted by molar-refractivity contribution is 0.297. The van der Waals surface area contributed by atoms with Crippen molar-refractivity contribution in [2.45, 2.75) is 6.61 Å². The number of benzene rings is 3. The normalized spacial score (nSPS) is 10.6. The molecule has 1 N–H and O–H groups in total. The molecule has 1 heterocycles. The van der Waals surface area contributed by atoms with Gasteiger partial charge in [-0.1, -0.05) is 24.3 Å². The Bertz CT molecular complexity index is 1060. The van der Waals surface area contributed by atoms with E-state index in [1.54, 1.807) is 30.5 Å². The zero-order chi connectivity index (χ0) is 19.3. The van der Waals surface area contributed by atoms with E-state index in [4.69, 9.17) is 9.47 Å². The van der Waals surface area contributed by atoms with Crippen LogP contribution in [0.3, 0.4) is 0 Å². The summed E-state index contributed by atoms with van der Waals surface area (Å²) in [6.07, 6.45) is 1.78. The summed E-state index contributed by atoms with van der Waals surface area (Å²) in [5, 5.41) is 0. The molecule has 3 aromatic carbocycles. The van der Waals surface area contributed by atoms with Crippen molar-refractivity contribution >= 4 is 0 Å². The molecule has 1 aromatic heterocycles. The molecule has 0 saturated carbocycles. The van der Waals surface area contributed by atoms with Crippen molar-refractivity contribution in [1.29, 1.82) is 0 Å². The Kier molecular flexibility index (Phi) is 5.01. The van der Waals surface area contributed by atoms with Crippen LogP contribution >= 0.6 is 0 Å². The number of rotatable bonds is 6. The van der Waals surface area contributed by atoms with Gasteiger partial charge in [0.05, 0.1) is 5.69 Å². The van der Waals surface area contributed by atoms with Crippen LogP contribution in [0.1, 0.15) is 5.82 Å². The van der Waals surface area contributed by atoms with Crippen LogP contribution in [-0.2, 0) is 6.61 Å². The predicted octanol–water partition coefficient (Wildman–Crippen LogP) is 5.73. The lowest BCUT2D eigenvalue weighted by Crippen LogP contribution is -1.97.